The number of fused-ring (bicyclic) bond motifs is 1. The fraction of sp³-hybridized carbons (Fsp3) is 0.267. The fourth-order valence-corrected chi connectivity index (χ4v) is 2.05. The van der Waals surface area contributed by atoms with E-state index in [4.69, 9.17) is 0 Å². The summed E-state index contributed by atoms with van der Waals surface area (Å²) in [5.74, 6) is 0.0585. The van der Waals surface area contributed by atoms with Crippen LogP contribution in [0, 0.1) is 0 Å². The normalized spacial score (nSPS) is 11.8. The van der Waals surface area contributed by atoms with E-state index in [1.165, 1.54) is 7.05 Å². The molecule has 0 aliphatic rings. The number of para-hydroxylation sites is 1. The molecule has 21 heavy (non-hydrogen) atoms. The summed E-state index contributed by atoms with van der Waals surface area (Å²) in [5.41, 5.74) is 1.21. The predicted molar refractivity (Wildman–Crippen MR) is 82.3 cm³/mol. The Morgan fingerprint density at radius 1 is 1.19 bits per heavy atom. The van der Waals surface area contributed by atoms with E-state index >= 15 is 0 Å². The molecule has 1 aromatic carbocycles. The van der Waals surface area contributed by atoms with Gasteiger partial charge in [-0.3, -0.25) is 9.59 Å². The summed E-state index contributed by atoms with van der Waals surface area (Å²) in [6.45, 7) is 1.64. The minimum Gasteiger partial charge on any atom is -0.373 e. The summed E-state index contributed by atoms with van der Waals surface area (Å²) in [7, 11) is 3.28. The Morgan fingerprint density at radius 2 is 1.90 bits per heavy atom. The van der Waals surface area contributed by atoms with E-state index < -0.39 is 6.04 Å². The van der Waals surface area contributed by atoms with Crippen LogP contribution in [0.1, 0.15) is 17.3 Å². The summed E-state index contributed by atoms with van der Waals surface area (Å²) in [4.78, 5) is 28.3. The van der Waals surface area contributed by atoms with Gasteiger partial charge >= 0.3 is 0 Å². The van der Waals surface area contributed by atoms with Gasteiger partial charge in [0.2, 0.25) is 5.91 Å². The van der Waals surface area contributed by atoms with Crippen LogP contribution < -0.4 is 16.0 Å². The third kappa shape index (κ3) is 3.10. The first kappa shape index (κ1) is 14.8. The highest BCUT2D eigenvalue weighted by atomic mass is 16.2. The maximum atomic E-state index is 12.4. The molecular formula is C15H18N4O2. The molecule has 1 aromatic heterocycles. The van der Waals surface area contributed by atoms with Crippen LogP contribution in [0.5, 0.6) is 0 Å². The summed E-state index contributed by atoms with van der Waals surface area (Å²) in [5, 5.41) is 8.87. The zero-order valence-corrected chi connectivity index (χ0v) is 12.2. The number of benzene rings is 1. The molecule has 0 fully saturated rings. The van der Waals surface area contributed by atoms with Gasteiger partial charge in [0.05, 0.1) is 11.1 Å². The number of nitrogens with zero attached hydrogens (tertiary/aromatic N) is 1. The summed E-state index contributed by atoms with van der Waals surface area (Å²) in [6, 6.07) is 8.46. The number of amides is 2. The molecule has 0 saturated heterocycles. The smallest absolute Gasteiger partial charge is 0.252 e. The van der Waals surface area contributed by atoms with Gasteiger partial charge in [0, 0.05) is 19.5 Å². The average Bonchev–Trinajstić information content (AvgIpc) is 2.52. The Kier molecular flexibility index (Phi) is 4.37. The van der Waals surface area contributed by atoms with Crippen molar-refractivity contribution in [2.75, 3.05) is 19.4 Å². The van der Waals surface area contributed by atoms with Gasteiger partial charge in [-0.15, -0.1) is 0 Å². The van der Waals surface area contributed by atoms with Gasteiger partial charge in [-0.2, -0.15) is 0 Å². The van der Waals surface area contributed by atoms with E-state index in [-0.39, 0.29) is 11.8 Å². The van der Waals surface area contributed by atoms with Crippen LogP contribution in [0.15, 0.2) is 30.3 Å². The zero-order chi connectivity index (χ0) is 15.4. The molecule has 0 radical (unpaired) electrons. The van der Waals surface area contributed by atoms with Crippen molar-refractivity contribution in [1.29, 1.82) is 0 Å². The average molecular weight is 286 g/mol. The largest absolute Gasteiger partial charge is 0.373 e. The van der Waals surface area contributed by atoms with Crippen LogP contribution >= 0.6 is 0 Å². The topological polar surface area (TPSA) is 83.1 Å². The molecule has 0 aliphatic carbocycles. The molecule has 0 bridgehead atoms. The molecular weight excluding hydrogens is 268 g/mol. The van der Waals surface area contributed by atoms with Crippen LogP contribution in [0.25, 0.3) is 10.9 Å². The number of hydrogen-bond acceptors (Lipinski definition) is 4. The van der Waals surface area contributed by atoms with Gasteiger partial charge in [0.1, 0.15) is 11.9 Å². The van der Waals surface area contributed by atoms with E-state index in [0.29, 0.717) is 11.4 Å². The molecule has 2 amide bonds. The van der Waals surface area contributed by atoms with Crippen LogP contribution in [0.2, 0.25) is 0 Å². The van der Waals surface area contributed by atoms with Crippen LogP contribution in [0.4, 0.5) is 5.82 Å². The monoisotopic (exact) mass is 286 g/mol. The molecule has 1 unspecified atom stereocenters. The third-order valence-electron chi connectivity index (χ3n) is 3.20. The van der Waals surface area contributed by atoms with Crippen molar-refractivity contribution in [3.05, 3.63) is 35.9 Å². The van der Waals surface area contributed by atoms with Gasteiger partial charge in [0.15, 0.2) is 0 Å². The van der Waals surface area contributed by atoms with Crippen molar-refractivity contribution < 1.29 is 9.59 Å². The van der Waals surface area contributed by atoms with Crippen LogP contribution in [-0.4, -0.2) is 36.9 Å². The highest BCUT2D eigenvalue weighted by Crippen LogP contribution is 2.20. The van der Waals surface area contributed by atoms with Crippen molar-refractivity contribution in [2.24, 2.45) is 0 Å². The van der Waals surface area contributed by atoms with Gasteiger partial charge in [0.25, 0.3) is 5.91 Å². The number of anilines is 1. The molecule has 0 spiro atoms. The Bertz CT molecular complexity index is 684. The number of carbonyl (C=O) groups excluding carboxylic acids is 2. The van der Waals surface area contributed by atoms with Crippen LogP contribution in [0.3, 0.4) is 0 Å². The lowest BCUT2D eigenvalue weighted by Crippen LogP contribution is -2.43. The van der Waals surface area contributed by atoms with E-state index in [1.54, 1.807) is 20.0 Å². The van der Waals surface area contributed by atoms with Crippen molar-refractivity contribution >= 4 is 28.5 Å². The van der Waals surface area contributed by atoms with E-state index in [2.05, 4.69) is 20.9 Å². The zero-order valence-electron chi connectivity index (χ0n) is 12.2. The molecule has 110 valence electrons. The Labute approximate surface area is 122 Å². The van der Waals surface area contributed by atoms with Gasteiger partial charge < -0.3 is 16.0 Å². The number of carbonyl (C=O) groups is 2. The fourth-order valence-electron chi connectivity index (χ4n) is 2.05. The van der Waals surface area contributed by atoms with Crippen molar-refractivity contribution in [3.8, 4) is 0 Å². The van der Waals surface area contributed by atoms with Gasteiger partial charge in [-0.1, -0.05) is 18.2 Å². The molecule has 0 aliphatic heterocycles. The molecule has 6 heteroatoms. The number of hydrogen-bond donors (Lipinski definition) is 3. The van der Waals surface area contributed by atoms with Crippen LogP contribution in [-0.2, 0) is 4.79 Å². The molecule has 2 aromatic rings. The summed E-state index contributed by atoms with van der Waals surface area (Å²) < 4.78 is 0. The second kappa shape index (κ2) is 6.21. The standard InChI is InChI=1S/C15H18N4O2/c1-9(14(20)17-3)18-15(21)11-8-13(16-2)19-12-7-5-4-6-10(11)12/h4-9H,1-3H3,(H,16,19)(H,17,20)(H,18,21). The molecule has 2 rings (SSSR count). The quantitative estimate of drug-likeness (QED) is 0.787. The van der Waals surface area contributed by atoms with E-state index in [0.717, 1.165) is 10.9 Å². The second-order valence-electron chi connectivity index (χ2n) is 4.63. The lowest BCUT2D eigenvalue weighted by Gasteiger charge is -2.14. The van der Waals surface area contributed by atoms with Gasteiger partial charge in [-0.05, 0) is 19.1 Å². The molecule has 1 atom stereocenters. The second-order valence-corrected chi connectivity index (χ2v) is 4.63. The van der Waals surface area contributed by atoms with E-state index in [9.17, 15) is 9.59 Å². The van der Waals surface area contributed by atoms with E-state index in [1.807, 2.05) is 24.3 Å². The van der Waals surface area contributed by atoms with Crippen molar-refractivity contribution in [1.82, 2.24) is 15.6 Å². The lowest BCUT2D eigenvalue weighted by molar-refractivity contribution is -0.122. The number of aromatic nitrogens is 1. The molecule has 6 nitrogen and oxygen atoms in total. The number of likely N-dealkylation sites (N-methyl/N-ethyl adjacent to an activating group) is 1. The number of pyridine rings is 1. The highest BCUT2D eigenvalue weighted by Gasteiger charge is 2.18. The van der Waals surface area contributed by atoms with Crippen molar-refractivity contribution in [3.63, 3.8) is 0 Å². The van der Waals surface area contributed by atoms with Gasteiger partial charge in [-0.25, -0.2) is 4.98 Å². The third-order valence-corrected chi connectivity index (χ3v) is 3.20. The Hall–Kier alpha value is -2.63. The highest BCUT2D eigenvalue weighted by molar-refractivity contribution is 6.08. The molecule has 0 saturated carbocycles. The van der Waals surface area contributed by atoms with Crippen molar-refractivity contribution in [2.45, 2.75) is 13.0 Å². The lowest BCUT2D eigenvalue weighted by atomic mass is 10.1. The maximum absolute atomic E-state index is 12.4. The first-order valence-corrected chi connectivity index (χ1v) is 6.66. The Morgan fingerprint density at radius 3 is 2.57 bits per heavy atom. The Balaban J connectivity index is 2.40. The first-order chi connectivity index (χ1) is 10.1. The molecule has 3 N–H and O–H groups in total. The minimum absolute atomic E-state index is 0.240. The SMILES string of the molecule is CNC(=O)C(C)NC(=O)c1cc(NC)nc2ccccc12. The number of nitrogens with one attached hydrogen (secondary N) is 3. The number of rotatable bonds is 4. The summed E-state index contributed by atoms with van der Waals surface area (Å²) >= 11 is 0. The maximum Gasteiger partial charge on any atom is 0.252 e. The first-order valence-electron chi connectivity index (χ1n) is 6.66. The summed E-state index contributed by atoms with van der Waals surface area (Å²) in [6.07, 6.45) is 0. The minimum atomic E-state index is -0.604. The molecule has 1 heterocycles. The predicted octanol–water partition coefficient (Wildman–Crippen LogP) is 1.14.